The Bertz CT molecular complexity index is 550. The lowest BCUT2D eigenvalue weighted by Crippen LogP contribution is -2.33. The smallest absolute Gasteiger partial charge is 0.227 e. The van der Waals surface area contributed by atoms with E-state index in [-0.39, 0.29) is 29.2 Å². The highest BCUT2D eigenvalue weighted by Gasteiger charge is 2.35. The van der Waals surface area contributed by atoms with Crippen LogP contribution in [-0.2, 0) is 9.59 Å². The van der Waals surface area contributed by atoms with Crippen LogP contribution in [0.25, 0.3) is 0 Å². The van der Waals surface area contributed by atoms with E-state index in [2.05, 4.69) is 5.32 Å². The van der Waals surface area contributed by atoms with Crippen LogP contribution in [-0.4, -0.2) is 24.9 Å². The average molecular weight is 313 g/mol. The van der Waals surface area contributed by atoms with Gasteiger partial charge in [0.2, 0.25) is 11.8 Å². The molecule has 0 spiro atoms. The van der Waals surface area contributed by atoms with Crippen LogP contribution in [0.5, 0.6) is 0 Å². The Morgan fingerprint density at radius 3 is 2.95 bits per heavy atom. The van der Waals surface area contributed by atoms with Crippen LogP contribution in [0.3, 0.4) is 0 Å². The molecule has 1 fully saturated rings. The third kappa shape index (κ3) is 3.73. The van der Waals surface area contributed by atoms with Gasteiger partial charge in [0.1, 0.15) is 5.82 Å². The number of anilines is 1. The van der Waals surface area contributed by atoms with Gasteiger partial charge in [0.05, 0.1) is 10.9 Å². The SMILES string of the molecule is CCCCNC(=O)[C@H]1CC(=O)N(c2ccc(F)c(Cl)c2)C1. The fourth-order valence-corrected chi connectivity index (χ4v) is 2.49. The molecule has 1 atom stereocenters. The summed E-state index contributed by atoms with van der Waals surface area (Å²) in [6.07, 6.45) is 2.10. The van der Waals surface area contributed by atoms with E-state index in [0.29, 0.717) is 18.8 Å². The number of carbonyl (C=O) groups is 2. The first kappa shape index (κ1) is 15.8. The Balaban J connectivity index is 2.02. The topological polar surface area (TPSA) is 49.4 Å². The van der Waals surface area contributed by atoms with E-state index in [1.807, 2.05) is 6.92 Å². The van der Waals surface area contributed by atoms with Crippen molar-refractivity contribution in [2.24, 2.45) is 5.92 Å². The van der Waals surface area contributed by atoms with Gasteiger partial charge >= 0.3 is 0 Å². The van der Waals surface area contributed by atoms with Gasteiger partial charge in [0, 0.05) is 25.2 Å². The fourth-order valence-electron chi connectivity index (χ4n) is 2.32. The molecule has 0 saturated carbocycles. The Hall–Kier alpha value is -1.62. The van der Waals surface area contributed by atoms with Crippen molar-refractivity contribution in [2.45, 2.75) is 26.2 Å². The highest BCUT2D eigenvalue weighted by molar-refractivity contribution is 6.31. The van der Waals surface area contributed by atoms with Crippen molar-refractivity contribution in [3.8, 4) is 0 Å². The lowest BCUT2D eigenvalue weighted by atomic mass is 10.1. The van der Waals surface area contributed by atoms with Gasteiger partial charge in [-0.3, -0.25) is 9.59 Å². The maximum absolute atomic E-state index is 13.2. The van der Waals surface area contributed by atoms with Crippen molar-refractivity contribution in [1.29, 1.82) is 0 Å². The number of nitrogens with zero attached hydrogens (tertiary/aromatic N) is 1. The molecule has 21 heavy (non-hydrogen) atoms. The number of carbonyl (C=O) groups excluding carboxylic acids is 2. The number of rotatable bonds is 5. The monoisotopic (exact) mass is 312 g/mol. The molecule has 1 N–H and O–H groups in total. The zero-order valence-electron chi connectivity index (χ0n) is 11.9. The van der Waals surface area contributed by atoms with E-state index in [9.17, 15) is 14.0 Å². The average Bonchev–Trinajstić information content (AvgIpc) is 2.84. The molecule has 1 aromatic rings. The molecular formula is C15H18ClFN2O2. The van der Waals surface area contributed by atoms with E-state index < -0.39 is 5.82 Å². The van der Waals surface area contributed by atoms with Gasteiger partial charge in [-0.25, -0.2) is 4.39 Å². The molecule has 1 aromatic carbocycles. The molecule has 0 bridgehead atoms. The summed E-state index contributed by atoms with van der Waals surface area (Å²) in [5.74, 6) is -1.14. The molecule has 2 rings (SSSR count). The highest BCUT2D eigenvalue weighted by Crippen LogP contribution is 2.28. The van der Waals surface area contributed by atoms with E-state index in [0.717, 1.165) is 12.8 Å². The third-order valence-electron chi connectivity index (χ3n) is 3.54. The van der Waals surface area contributed by atoms with Crippen molar-refractivity contribution in [3.63, 3.8) is 0 Å². The number of hydrogen-bond acceptors (Lipinski definition) is 2. The number of benzene rings is 1. The Morgan fingerprint density at radius 1 is 1.52 bits per heavy atom. The van der Waals surface area contributed by atoms with Crippen molar-refractivity contribution in [1.82, 2.24) is 5.32 Å². The summed E-state index contributed by atoms with van der Waals surface area (Å²) in [7, 11) is 0. The molecule has 1 aliphatic heterocycles. The minimum Gasteiger partial charge on any atom is -0.356 e. The molecule has 114 valence electrons. The van der Waals surface area contributed by atoms with Crippen LogP contribution in [0.4, 0.5) is 10.1 Å². The van der Waals surface area contributed by atoms with Crippen LogP contribution in [0, 0.1) is 11.7 Å². The van der Waals surface area contributed by atoms with Crippen molar-refractivity contribution in [3.05, 3.63) is 29.0 Å². The molecule has 1 aliphatic rings. The molecule has 0 unspecified atom stereocenters. The first-order chi connectivity index (χ1) is 10.0. The first-order valence-corrected chi connectivity index (χ1v) is 7.44. The maximum atomic E-state index is 13.2. The number of amides is 2. The zero-order chi connectivity index (χ0) is 15.4. The highest BCUT2D eigenvalue weighted by atomic mass is 35.5. The molecule has 1 heterocycles. The summed E-state index contributed by atoms with van der Waals surface area (Å²) in [6, 6.07) is 4.13. The largest absolute Gasteiger partial charge is 0.356 e. The van der Waals surface area contributed by atoms with Gasteiger partial charge in [0.15, 0.2) is 0 Å². The Kier molecular flexibility index (Phi) is 5.17. The quantitative estimate of drug-likeness (QED) is 0.850. The van der Waals surface area contributed by atoms with E-state index in [4.69, 9.17) is 11.6 Å². The third-order valence-corrected chi connectivity index (χ3v) is 3.83. The van der Waals surface area contributed by atoms with Gasteiger partial charge in [-0.2, -0.15) is 0 Å². The van der Waals surface area contributed by atoms with Crippen LogP contribution in [0.1, 0.15) is 26.2 Å². The lowest BCUT2D eigenvalue weighted by Gasteiger charge is -2.17. The predicted molar refractivity (Wildman–Crippen MR) is 79.8 cm³/mol. The summed E-state index contributed by atoms with van der Waals surface area (Å²) in [4.78, 5) is 25.5. The minimum absolute atomic E-state index is 0.0313. The van der Waals surface area contributed by atoms with Crippen LogP contribution >= 0.6 is 11.6 Å². The molecular weight excluding hydrogens is 295 g/mol. The summed E-state index contributed by atoms with van der Waals surface area (Å²) < 4.78 is 13.2. The molecule has 2 amide bonds. The van der Waals surface area contributed by atoms with Gasteiger partial charge in [-0.05, 0) is 24.6 Å². The number of nitrogens with one attached hydrogen (secondary N) is 1. The number of unbranched alkanes of at least 4 members (excludes halogenated alkanes) is 1. The first-order valence-electron chi connectivity index (χ1n) is 7.06. The molecule has 0 radical (unpaired) electrons. The van der Waals surface area contributed by atoms with E-state index in [1.54, 1.807) is 0 Å². The van der Waals surface area contributed by atoms with Gasteiger partial charge in [0.25, 0.3) is 0 Å². The van der Waals surface area contributed by atoms with E-state index >= 15 is 0 Å². The maximum Gasteiger partial charge on any atom is 0.227 e. The second kappa shape index (κ2) is 6.89. The number of halogens is 2. The molecule has 6 heteroatoms. The molecule has 0 aliphatic carbocycles. The summed E-state index contributed by atoms with van der Waals surface area (Å²) >= 11 is 5.73. The van der Waals surface area contributed by atoms with Gasteiger partial charge in [-0.1, -0.05) is 24.9 Å². The van der Waals surface area contributed by atoms with Crippen molar-refractivity contribution < 1.29 is 14.0 Å². The lowest BCUT2D eigenvalue weighted by molar-refractivity contribution is -0.126. The normalized spacial score (nSPS) is 18.1. The van der Waals surface area contributed by atoms with Crippen LogP contribution in [0.2, 0.25) is 5.02 Å². The standard InChI is InChI=1S/C15H18ClFN2O2/c1-2-3-6-18-15(21)10-7-14(20)19(9-10)11-4-5-13(17)12(16)8-11/h4-5,8,10H,2-3,6-7,9H2,1H3,(H,18,21)/t10-/m0/s1. The van der Waals surface area contributed by atoms with Gasteiger partial charge < -0.3 is 10.2 Å². The predicted octanol–water partition coefficient (Wildman–Crippen LogP) is 2.75. The summed E-state index contributed by atoms with van der Waals surface area (Å²) in [6.45, 7) is 2.98. The second-order valence-electron chi connectivity index (χ2n) is 5.15. The minimum atomic E-state index is -0.527. The summed E-state index contributed by atoms with van der Waals surface area (Å²) in [5.41, 5.74) is 0.523. The van der Waals surface area contributed by atoms with Crippen molar-refractivity contribution in [2.75, 3.05) is 18.0 Å². The Morgan fingerprint density at radius 2 is 2.29 bits per heavy atom. The number of hydrogen-bond donors (Lipinski definition) is 1. The second-order valence-corrected chi connectivity index (χ2v) is 5.56. The molecule has 4 nitrogen and oxygen atoms in total. The van der Waals surface area contributed by atoms with Gasteiger partial charge in [-0.15, -0.1) is 0 Å². The molecule has 1 saturated heterocycles. The molecule has 0 aromatic heterocycles. The van der Waals surface area contributed by atoms with Crippen molar-refractivity contribution >= 4 is 29.1 Å². The van der Waals surface area contributed by atoms with E-state index in [1.165, 1.54) is 23.1 Å². The van der Waals surface area contributed by atoms with Crippen LogP contribution in [0.15, 0.2) is 18.2 Å². The summed E-state index contributed by atoms with van der Waals surface area (Å²) in [5, 5.41) is 2.80. The zero-order valence-corrected chi connectivity index (χ0v) is 12.6. The Labute approximate surface area is 128 Å². The fraction of sp³-hybridized carbons (Fsp3) is 0.467. The van der Waals surface area contributed by atoms with Crippen LogP contribution < -0.4 is 10.2 Å².